The predicted octanol–water partition coefficient (Wildman–Crippen LogP) is 3.07. The lowest BCUT2D eigenvalue weighted by Gasteiger charge is -2.30. The number of hydrogen-bond donors (Lipinski definition) is 0. The first-order valence-corrected chi connectivity index (χ1v) is 5.98. The molecule has 2 aliphatic rings. The average molecular weight is 199 g/mol. The van der Waals surface area contributed by atoms with E-state index in [0.29, 0.717) is 0 Å². The van der Waals surface area contributed by atoms with Gasteiger partial charge in [-0.05, 0) is 31.2 Å². The molecule has 1 aliphatic carbocycles. The average Bonchev–Trinajstić information content (AvgIpc) is 2.74. The Hall–Kier alpha value is -1.24. The quantitative estimate of drug-likeness (QED) is 0.672. The van der Waals surface area contributed by atoms with Gasteiger partial charge < -0.3 is 4.90 Å². The Kier molecular flexibility index (Phi) is 2.24. The van der Waals surface area contributed by atoms with E-state index in [2.05, 4.69) is 35.2 Å². The Bertz CT molecular complexity index is 386. The summed E-state index contributed by atoms with van der Waals surface area (Å²) >= 11 is 0. The van der Waals surface area contributed by atoms with E-state index in [-0.39, 0.29) is 0 Å². The summed E-state index contributed by atoms with van der Waals surface area (Å²) in [6, 6.07) is 8.82. The van der Waals surface area contributed by atoms with Gasteiger partial charge in [-0.15, -0.1) is 0 Å². The fourth-order valence-electron chi connectivity index (χ4n) is 2.70. The van der Waals surface area contributed by atoms with Crippen molar-refractivity contribution in [1.29, 1.82) is 0 Å². The van der Waals surface area contributed by atoms with E-state index >= 15 is 0 Å². The van der Waals surface area contributed by atoms with E-state index in [1.807, 2.05) is 0 Å². The highest BCUT2D eigenvalue weighted by molar-refractivity contribution is 5.71. The topological polar surface area (TPSA) is 3.24 Å². The van der Waals surface area contributed by atoms with Crippen LogP contribution in [0.4, 0.5) is 0 Å². The van der Waals surface area contributed by atoms with Gasteiger partial charge in [-0.2, -0.15) is 0 Å². The molecule has 0 spiro atoms. The van der Waals surface area contributed by atoms with Crippen molar-refractivity contribution in [2.75, 3.05) is 13.1 Å². The van der Waals surface area contributed by atoms with Gasteiger partial charge in [-0.25, -0.2) is 0 Å². The first-order chi connectivity index (χ1) is 7.45. The standard InChI is InChI=1S/C14H17N/c1-4-10-15(11-5-1)14-9-8-12-6-2-3-7-13(12)14/h2-3,6-7,9H,1,4-5,8,10-11H2. The molecule has 1 nitrogen and oxygen atoms in total. The summed E-state index contributed by atoms with van der Waals surface area (Å²) in [5.41, 5.74) is 4.46. The van der Waals surface area contributed by atoms with Crippen LogP contribution in [0.3, 0.4) is 0 Å². The molecular weight excluding hydrogens is 182 g/mol. The third-order valence-electron chi connectivity index (χ3n) is 3.51. The fourth-order valence-corrected chi connectivity index (χ4v) is 2.70. The highest BCUT2D eigenvalue weighted by Crippen LogP contribution is 2.31. The first kappa shape index (κ1) is 9.02. The Morgan fingerprint density at radius 2 is 1.73 bits per heavy atom. The molecular formula is C14H17N. The van der Waals surface area contributed by atoms with Crippen molar-refractivity contribution in [2.24, 2.45) is 0 Å². The van der Waals surface area contributed by atoms with Crippen LogP contribution in [0, 0.1) is 0 Å². The van der Waals surface area contributed by atoms with Crippen LogP contribution < -0.4 is 0 Å². The molecule has 15 heavy (non-hydrogen) atoms. The summed E-state index contributed by atoms with van der Waals surface area (Å²) < 4.78 is 0. The second-order valence-electron chi connectivity index (χ2n) is 4.50. The summed E-state index contributed by atoms with van der Waals surface area (Å²) in [5, 5.41) is 0. The summed E-state index contributed by atoms with van der Waals surface area (Å²) in [6.45, 7) is 2.50. The SMILES string of the molecule is C1=C(N2CCCCC2)c2ccccc2C1. The Morgan fingerprint density at radius 3 is 2.60 bits per heavy atom. The van der Waals surface area contributed by atoms with Crippen molar-refractivity contribution in [3.8, 4) is 0 Å². The number of rotatable bonds is 1. The molecule has 0 aromatic heterocycles. The molecule has 0 bridgehead atoms. The predicted molar refractivity (Wildman–Crippen MR) is 63.5 cm³/mol. The van der Waals surface area contributed by atoms with Crippen LogP contribution in [0.25, 0.3) is 5.70 Å². The molecule has 0 saturated carbocycles. The monoisotopic (exact) mass is 199 g/mol. The van der Waals surface area contributed by atoms with Gasteiger partial charge in [0, 0.05) is 24.4 Å². The zero-order valence-electron chi connectivity index (χ0n) is 9.08. The van der Waals surface area contributed by atoms with E-state index in [4.69, 9.17) is 0 Å². The number of likely N-dealkylation sites (tertiary alicyclic amines) is 1. The molecule has 78 valence electrons. The number of allylic oxidation sites excluding steroid dienone is 1. The smallest absolute Gasteiger partial charge is 0.0405 e. The fraction of sp³-hybridized carbons (Fsp3) is 0.429. The van der Waals surface area contributed by atoms with Crippen molar-refractivity contribution in [3.63, 3.8) is 0 Å². The maximum absolute atomic E-state index is 2.56. The minimum Gasteiger partial charge on any atom is -0.371 e. The highest BCUT2D eigenvalue weighted by Gasteiger charge is 2.20. The molecule has 0 atom stereocenters. The van der Waals surface area contributed by atoms with E-state index in [9.17, 15) is 0 Å². The summed E-state index contributed by atoms with van der Waals surface area (Å²) in [4.78, 5) is 2.56. The normalized spacial score (nSPS) is 20.0. The Balaban J connectivity index is 1.89. The number of hydrogen-bond acceptors (Lipinski definition) is 1. The zero-order chi connectivity index (χ0) is 10.1. The maximum atomic E-state index is 2.56. The van der Waals surface area contributed by atoms with Gasteiger partial charge in [0.2, 0.25) is 0 Å². The molecule has 0 unspecified atom stereocenters. The van der Waals surface area contributed by atoms with Crippen molar-refractivity contribution in [3.05, 3.63) is 41.5 Å². The lowest BCUT2D eigenvalue weighted by Crippen LogP contribution is -2.27. The molecule has 1 heteroatoms. The minimum atomic E-state index is 1.13. The van der Waals surface area contributed by atoms with Gasteiger partial charge >= 0.3 is 0 Å². The zero-order valence-corrected chi connectivity index (χ0v) is 9.08. The number of nitrogens with zero attached hydrogens (tertiary/aromatic N) is 1. The molecule has 1 aromatic carbocycles. The van der Waals surface area contributed by atoms with E-state index in [1.165, 1.54) is 49.2 Å². The van der Waals surface area contributed by atoms with Gasteiger partial charge in [0.1, 0.15) is 0 Å². The van der Waals surface area contributed by atoms with Gasteiger partial charge in [-0.3, -0.25) is 0 Å². The van der Waals surface area contributed by atoms with E-state index < -0.39 is 0 Å². The Morgan fingerprint density at radius 1 is 0.933 bits per heavy atom. The third-order valence-corrected chi connectivity index (χ3v) is 3.51. The molecule has 0 N–H and O–H groups in total. The molecule has 1 saturated heterocycles. The van der Waals surface area contributed by atoms with Crippen LogP contribution in [0.2, 0.25) is 0 Å². The number of fused-ring (bicyclic) bond motifs is 1. The number of piperidine rings is 1. The van der Waals surface area contributed by atoms with E-state index in [0.717, 1.165) is 6.42 Å². The minimum absolute atomic E-state index is 1.13. The van der Waals surface area contributed by atoms with Crippen molar-refractivity contribution >= 4 is 5.70 Å². The molecule has 0 radical (unpaired) electrons. The van der Waals surface area contributed by atoms with Crippen molar-refractivity contribution < 1.29 is 0 Å². The molecule has 3 rings (SSSR count). The number of benzene rings is 1. The van der Waals surface area contributed by atoms with Crippen LogP contribution in [-0.4, -0.2) is 18.0 Å². The molecule has 1 heterocycles. The van der Waals surface area contributed by atoms with Crippen LogP contribution in [0.1, 0.15) is 30.4 Å². The molecule has 1 fully saturated rings. The largest absolute Gasteiger partial charge is 0.371 e. The maximum Gasteiger partial charge on any atom is 0.0405 e. The molecule has 0 amide bonds. The van der Waals surface area contributed by atoms with Crippen LogP contribution in [0.5, 0.6) is 0 Å². The van der Waals surface area contributed by atoms with Crippen molar-refractivity contribution in [2.45, 2.75) is 25.7 Å². The summed E-state index contributed by atoms with van der Waals surface area (Å²) in [5.74, 6) is 0. The molecule has 1 aromatic rings. The Labute approximate surface area is 91.4 Å². The first-order valence-electron chi connectivity index (χ1n) is 5.98. The third kappa shape index (κ3) is 1.56. The lowest BCUT2D eigenvalue weighted by atomic mass is 10.1. The van der Waals surface area contributed by atoms with Crippen LogP contribution >= 0.6 is 0 Å². The van der Waals surface area contributed by atoms with Crippen LogP contribution in [-0.2, 0) is 6.42 Å². The van der Waals surface area contributed by atoms with Gasteiger partial charge in [-0.1, -0.05) is 30.3 Å². The van der Waals surface area contributed by atoms with E-state index in [1.54, 1.807) is 0 Å². The summed E-state index contributed by atoms with van der Waals surface area (Å²) in [7, 11) is 0. The summed E-state index contributed by atoms with van der Waals surface area (Å²) in [6.07, 6.45) is 7.66. The van der Waals surface area contributed by atoms with Crippen LogP contribution in [0.15, 0.2) is 30.3 Å². The lowest BCUT2D eigenvalue weighted by molar-refractivity contribution is 0.326. The van der Waals surface area contributed by atoms with Gasteiger partial charge in [0.25, 0.3) is 0 Å². The highest BCUT2D eigenvalue weighted by atomic mass is 15.1. The van der Waals surface area contributed by atoms with Gasteiger partial charge in [0.05, 0.1) is 0 Å². The van der Waals surface area contributed by atoms with Crippen molar-refractivity contribution in [1.82, 2.24) is 4.90 Å². The molecule has 1 aliphatic heterocycles. The second-order valence-corrected chi connectivity index (χ2v) is 4.50. The van der Waals surface area contributed by atoms with Gasteiger partial charge in [0.15, 0.2) is 0 Å². The second kappa shape index (κ2) is 3.73.